The minimum atomic E-state index is 0.601. The van der Waals surface area contributed by atoms with E-state index >= 15 is 0 Å². The Bertz CT molecular complexity index is 251. The summed E-state index contributed by atoms with van der Waals surface area (Å²) in [5, 5.41) is 0.601. The third-order valence-corrected chi connectivity index (χ3v) is 1.55. The molecule has 0 saturated heterocycles. The molecule has 1 aromatic carbocycles. The highest BCUT2D eigenvalue weighted by molar-refractivity contribution is 6.48. The van der Waals surface area contributed by atoms with E-state index in [0.717, 1.165) is 5.56 Å². The van der Waals surface area contributed by atoms with Gasteiger partial charge >= 0.3 is 0 Å². The first-order valence-electron chi connectivity index (χ1n) is 3.11. The summed E-state index contributed by atoms with van der Waals surface area (Å²) in [6.45, 7) is 5.66. The van der Waals surface area contributed by atoms with Crippen LogP contribution in [0.4, 0.5) is 0 Å². The first kappa shape index (κ1) is 7.36. The zero-order chi connectivity index (χ0) is 7.56. The Morgan fingerprint density at radius 1 is 1.50 bits per heavy atom. The number of hydrogen-bond donors (Lipinski definition) is 0. The molecule has 1 aromatic rings. The highest BCUT2D eigenvalue weighted by Gasteiger charge is 1.92. The molecule has 1 heteroatoms. The van der Waals surface area contributed by atoms with Crippen molar-refractivity contribution >= 4 is 16.6 Å². The maximum Gasteiger partial charge on any atom is 0.0406 e. The third-order valence-electron chi connectivity index (χ3n) is 1.33. The van der Waals surface area contributed by atoms with Crippen molar-refractivity contribution in [2.24, 2.45) is 0 Å². The lowest BCUT2D eigenvalue weighted by atomic mass is 10.1. The van der Waals surface area contributed by atoms with Crippen LogP contribution in [0.2, 0.25) is 0 Å². The fraction of sp³-hybridized carbons (Fsp3) is 0.111. The largest absolute Gasteiger partial charge is 0.0843 e. The maximum absolute atomic E-state index is 5.68. The molecule has 0 aromatic heterocycles. The summed E-state index contributed by atoms with van der Waals surface area (Å²) in [5.41, 5.74) is 2.21. The van der Waals surface area contributed by atoms with Gasteiger partial charge in [-0.05, 0) is 12.5 Å². The van der Waals surface area contributed by atoms with Crippen LogP contribution in [0.15, 0.2) is 30.8 Å². The monoisotopic (exact) mass is 152 g/mol. The summed E-state index contributed by atoms with van der Waals surface area (Å²) in [6.07, 6.45) is 0. The maximum atomic E-state index is 5.68. The Balaban J connectivity index is 3.07. The topological polar surface area (TPSA) is 0 Å². The van der Waals surface area contributed by atoms with Crippen molar-refractivity contribution in [3.05, 3.63) is 42.0 Å². The lowest BCUT2D eigenvalue weighted by Crippen LogP contribution is -1.76. The quantitative estimate of drug-likeness (QED) is 0.580. The van der Waals surface area contributed by atoms with Crippen molar-refractivity contribution in [1.29, 1.82) is 0 Å². The van der Waals surface area contributed by atoms with Crippen LogP contribution >= 0.6 is 11.6 Å². The van der Waals surface area contributed by atoms with Crippen LogP contribution in [0.5, 0.6) is 0 Å². The first-order valence-corrected chi connectivity index (χ1v) is 3.49. The molecule has 52 valence electrons. The van der Waals surface area contributed by atoms with E-state index in [1.807, 2.05) is 31.2 Å². The smallest absolute Gasteiger partial charge is 0.0406 e. The number of benzene rings is 1. The number of hydrogen-bond acceptors (Lipinski definition) is 0. The molecular formula is C9H9Cl. The summed E-state index contributed by atoms with van der Waals surface area (Å²) in [4.78, 5) is 0. The molecule has 0 N–H and O–H groups in total. The number of rotatable bonds is 1. The van der Waals surface area contributed by atoms with E-state index in [1.54, 1.807) is 0 Å². The van der Waals surface area contributed by atoms with Crippen LogP contribution in [-0.2, 0) is 0 Å². The second-order valence-electron chi connectivity index (χ2n) is 2.27. The van der Waals surface area contributed by atoms with Gasteiger partial charge in [-0.3, -0.25) is 0 Å². The van der Waals surface area contributed by atoms with Crippen LogP contribution in [0.1, 0.15) is 11.1 Å². The minimum absolute atomic E-state index is 0.601. The molecule has 0 aliphatic carbocycles. The van der Waals surface area contributed by atoms with Gasteiger partial charge in [0.05, 0.1) is 0 Å². The van der Waals surface area contributed by atoms with E-state index in [-0.39, 0.29) is 0 Å². The van der Waals surface area contributed by atoms with E-state index in [4.69, 9.17) is 11.6 Å². The summed E-state index contributed by atoms with van der Waals surface area (Å²) in [5.74, 6) is 0. The second-order valence-corrected chi connectivity index (χ2v) is 2.73. The van der Waals surface area contributed by atoms with E-state index in [9.17, 15) is 0 Å². The first-order chi connectivity index (χ1) is 4.70. The molecule has 0 fully saturated rings. The molecule has 0 atom stereocenters. The number of aryl methyl sites for hydroxylation is 1. The normalized spacial score (nSPS) is 9.40. The summed E-state index contributed by atoms with van der Waals surface area (Å²) in [7, 11) is 0. The van der Waals surface area contributed by atoms with Crippen LogP contribution < -0.4 is 0 Å². The zero-order valence-corrected chi connectivity index (χ0v) is 6.65. The second kappa shape index (κ2) is 2.89. The predicted molar refractivity (Wildman–Crippen MR) is 46.1 cm³/mol. The average molecular weight is 153 g/mol. The van der Waals surface area contributed by atoms with Crippen molar-refractivity contribution in [3.63, 3.8) is 0 Å². The zero-order valence-electron chi connectivity index (χ0n) is 5.89. The van der Waals surface area contributed by atoms with Crippen LogP contribution in [0.3, 0.4) is 0 Å². The Hall–Kier alpha value is -0.750. The van der Waals surface area contributed by atoms with Crippen LogP contribution in [0.25, 0.3) is 5.03 Å². The minimum Gasteiger partial charge on any atom is -0.0843 e. The predicted octanol–water partition coefficient (Wildman–Crippen LogP) is 3.20. The molecule has 10 heavy (non-hydrogen) atoms. The van der Waals surface area contributed by atoms with Crippen molar-refractivity contribution in [1.82, 2.24) is 0 Å². The van der Waals surface area contributed by atoms with Gasteiger partial charge in [-0.15, -0.1) is 0 Å². The summed E-state index contributed by atoms with van der Waals surface area (Å²) < 4.78 is 0. The standard InChI is InChI=1S/C9H9Cl/c1-7-4-3-5-9(6-7)8(2)10/h3-6H,2H2,1H3. The van der Waals surface area contributed by atoms with Gasteiger partial charge in [-0.2, -0.15) is 0 Å². The van der Waals surface area contributed by atoms with E-state index < -0.39 is 0 Å². The lowest BCUT2D eigenvalue weighted by molar-refractivity contribution is 1.46. The van der Waals surface area contributed by atoms with Gasteiger partial charge < -0.3 is 0 Å². The van der Waals surface area contributed by atoms with Gasteiger partial charge in [-0.1, -0.05) is 48.0 Å². The van der Waals surface area contributed by atoms with Crippen LogP contribution in [0, 0.1) is 6.92 Å². The summed E-state index contributed by atoms with van der Waals surface area (Å²) >= 11 is 5.68. The molecule has 0 unspecified atom stereocenters. The molecule has 0 amide bonds. The highest BCUT2D eigenvalue weighted by Crippen LogP contribution is 2.16. The van der Waals surface area contributed by atoms with Crippen molar-refractivity contribution in [2.45, 2.75) is 6.92 Å². The van der Waals surface area contributed by atoms with Crippen molar-refractivity contribution < 1.29 is 0 Å². The molecule has 0 spiro atoms. The van der Waals surface area contributed by atoms with Gasteiger partial charge in [0.1, 0.15) is 0 Å². The molecule has 0 saturated carbocycles. The lowest BCUT2D eigenvalue weighted by Gasteiger charge is -1.97. The van der Waals surface area contributed by atoms with Gasteiger partial charge in [0.25, 0.3) is 0 Å². The number of halogens is 1. The van der Waals surface area contributed by atoms with Crippen LogP contribution in [-0.4, -0.2) is 0 Å². The fourth-order valence-corrected chi connectivity index (χ4v) is 0.931. The Morgan fingerprint density at radius 3 is 2.60 bits per heavy atom. The van der Waals surface area contributed by atoms with E-state index in [0.29, 0.717) is 5.03 Å². The molecule has 1 rings (SSSR count). The van der Waals surface area contributed by atoms with Gasteiger partial charge in [0.15, 0.2) is 0 Å². The van der Waals surface area contributed by atoms with E-state index in [1.165, 1.54) is 5.56 Å². The SMILES string of the molecule is C=C(Cl)c1cccc(C)c1. The molecule has 0 radical (unpaired) electrons. The van der Waals surface area contributed by atoms with Gasteiger partial charge in [0.2, 0.25) is 0 Å². The molecule has 0 heterocycles. The molecular weight excluding hydrogens is 144 g/mol. The third kappa shape index (κ3) is 1.61. The Morgan fingerprint density at radius 2 is 2.20 bits per heavy atom. The Labute approximate surface area is 66.1 Å². The van der Waals surface area contributed by atoms with Crippen molar-refractivity contribution in [3.8, 4) is 0 Å². The van der Waals surface area contributed by atoms with Gasteiger partial charge in [-0.25, -0.2) is 0 Å². The highest BCUT2D eigenvalue weighted by atomic mass is 35.5. The molecule has 0 nitrogen and oxygen atoms in total. The molecule has 0 bridgehead atoms. The Kier molecular flexibility index (Phi) is 2.13. The average Bonchev–Trinajstić information content (AvgIpc) is 1.88. The molecule has 0 aliphatic heterocycles. The van der Waals surface area contributed by atoms with Crippen molar-refractivity contribution in [2.75, 3.05) is 0 Å². The fourth-order valence-electron chi connectivity index (χ4n) is 0.814. The molecule has 0 aliphatic rings. The summed E-state index contributed by atoms with van der Waals surface area (Å²) in [6, 6.07) is 7.96. The van der Waals surface area contributed by atoms with Gasteiger partial charge in [0, 0.05) is 5.03 Å². The van der Waals surface area contributed by atoms with E-state index in [2.05, 4.69) is 6.58 Å².